The highest BCUT2D eigenvalue weighted by Crippen LogP contribution is 2.37. The summed E-state index contributed by atoms with van der Waals surface area (Å²) < 4.78 is 19.9. The van der Waals surface area contributed by atoms with Crippen molar-refractivity contribution in [1.82, 2.24) is 0 Å². The summed E-state index contributed by atoms with van der Waals surface area (Å²) in [4.78, 5) is 29.0. The van der Waals surface area contributed by atoms with Gasteiger partial charge in [-0.1, -0.05) is 96.1 Å². The van der Waals surface area contributed by atoms with Crippen LogP contribution in [0.2, 0.25) is 0 Å². The number of esters is 1. The topological polar surface area (TPSA) is 113 Å². The van der Waals surface area contributed by atoms with Crippen molar-refractivity contribution in [3.05, 3.63) is 12.2 Å². The van der Waals surface area contributed by atoms with Crippen molar-refractivity contribution < 1.29 is 33.5 Å². The predicted octanol–water partition coefficient (Wildman–Crippen LogP) is 6.60. The number of ether oxygens (including phenoxy) is 1. The highest BCUT2D eigenvalue weighted by Gasteiger charge is 2.22. The monoisotopic (exact) mass is 492 g/mol. The van der Waals surface area contributed by atoms with Gasteiger partial charge in [0.2, 0.25) is 0 Å². The zero-order valence-corrected chi connectivity index (χ0v) is 21.7. The standard InChI is InChI=1S/C25H49O7P/c1-2-3-4-5-6-7-8-9-10-11-12-13-14-15-16-17-18-19-20-21-25(27)31-23-24(22-26)32-33(28,29)30/h9-10,24,26H,2-8,11-23H2,1H3,(H2,28,29,30)/t24-/m0/s1. The summed E-state index contributed by atoms with van der Waals surface area (Å²) in [6, 6.07) is 0. The number of aliphatic hydroxyl groups is 1. The summed E-state index contributed by atoms with van der Waals surface area (Å²) in [7, 11) is -4.71. The Kier molecular flexibility index (Phi) is 22.5. The van der Waals surface area contributed by atoms with Crippen LogP contribution in [0.25, 0.3) is 0 Å². The molecule has 0 aliphatic heterocycles. The molecule has 7 nitrogen and oxygen atoms in total. The number of aliphatic hydroxyl groups excluding tert-OH is 1. The van der Waals surface area contributed by atoms with Crippen LogP contribution in [0.5, 0.6) is 0 Å². The second-order valence-electron chi connectivity index (χ2n) is 8.83. The maximum Gasteiger partial charge on any atom is 0.470 e. The lowest BCUT2D eigenvalue weighted by molar-refractivity contribution is -0.147. The average Bonchev–Trinajstić information content (AvgIpc) is 2.77. The average molecular weight is 493 g/mol. The van der Waals surface area contributed by atoms with E-state index in [2.05, 4.69) is 23.6 Å². The number of rotatable bonds is 24. The molecule has 0 radical (unpaired) electrons. The zero-order chi connectivity index (χ0) is 24.6. The van der Waals surface area contributed by atoms with Gasteiger partial charge in [0.05, 0.1) is 6.61 Å². The molecule has 0 spiro atoms. The maximum atomic E-state index is 11.7. The van der Waals surface area contributed by atoms with Crippen LogP contribution in [0, 0.1) is 0 Å². The minimum atomic E-state index is -4.71. The number of unbranched alkanes of at least 4 members (excludes halogenated alkanes) is 15. The van der Waals surface area contributed by atoms with E-state index < -0.39 is 26.5 Å². The molecule has 8 heteroatoms. The molecular formula is C25H49O7P. The Labute approximate surface area is 201 Å². The maximum absolute atomic E-state index is 11.7. The minimum Gasteiger partial charge on any atom is -0.463 e. The predicted molar refractivity (Wildman–Crippen MR) is 133 cm³/mol. The Balaban J connectivity index is 3.37. The second-order valence-corrected chi connectivity index (χ2v) is 10.0. The van der Waals surface area contributed by atoms with Gasteiger partial charge in [-0.25, -0.2) is 4.57 Å². The third-order valence-corrected chi connectivity index (χ3v) is 6.14. The van der Waals surface area contributed by atoms with Gasteiger partial charge in [0.15, 0.2) is 0 Å². The van der Waals surface area contributed by atoms with E-state index in [1.165, 1.54) is 89.9 Å². The molecular weight excluding hydrogens is 443 g/mol. The van der Waals surface area contributed by atoms with Crippen LogP contribution >= 0.6 is 7.82 Å². The van der Waals surface area contributed by atoms with E-state index in [4.69, 9.17) is 19.6 Å². The smallest absolute Gasteiger partial charge is 0.463 e. The highest BCUT2D eigenvalue weighted by molar-refractivity contribution is 7.46. The summed E-state index contributed by atoms with van der Waals surface area (Å²) in [5, 5.41) is 8.98. The Morgan fingerprint density at radius 3 is 1.70 bits per heavy atom. The fourth-order valence-electron chi connectivity index (χ4n) is 3.62. The number of hydrogen-bond donors (Lipinski definition) is 3. The summed E-state index contributed by atoms with van der Waals surface area (Å²) in [6.45, 7) is 1.26. The molecule has 0 aliphatic carbocycles. The second kappa shape index (κ2) is 23.0. The number of carbonyl (C=O) groups is 1. The van der Waals surface area contributed by atoms with Crippen LogP contribution in [0.3, 0.4) is 0 Å². The van der Waals surface area contributed by atoms with Crippen LogP contribution in [0.4, 0.5) is 0 Å². The van der Waals surface area contributed by atoms with Crippen LogP contribution in [0.15, 0.2) is 12.2 Å². The van der Waals surface area contributed by atoms with Crippen molar-refractivity contribution in [3.8, 4) is 0 Å². The summed E-state index contributed by atoms with van der Waals surface area (Å²) in [5.41, 5.74) is 0. The van der Waals surface area contributed by atoms with E-state index in [0.29, 0.717) is 0 Å². The molecule has 196 valence electrons. The van der Waals surface area contributed by atoms with Crippen LogP contribution in [0.1, 0.15) is 122 Å². The Hall–Kier alpha value is -0.720. The molecule has 0 heterocycles. The zero-order valence-electron chi connectivity index (χ0n) is 20.8. The third kappa shape index (κ3) is 25.7. The molecule has 0 fully saturated rings. The van der Waals surface area contributed by atoms with E-state index in [9.17, 15) is 9.36 Å². The van der Waals surface area contributed by atoms with E-state index in [1.807, 2.05) is 0 Å². The lowest BCUT2D eigenvalue weighted by Crippen LogP contribution is -2.24. The molecule has 33 heavy (non-hydrogen) atoms. The molecule has 0 saturated carbocycles. The van der Waals surface area contributed by atoms with Crippen LogP contribution in [-0.2, 0) is 18.6 Å². The molecule has 0 aromatic carbocycles. The fraction of sp³-hybridized carbons (Fsp3) is 0.880. The van der Waals surface area contributed by atoms with Crippen molar-refractivity contribution in [2.45, 2.75) is 129 Å². The normalized spacial score (nSPS) is 13.0. The van der Waals surface area contributed by atoms with Crippen molar-refractivity contribution in [1.29, 1.82) is 0 Å². The quantitative estimate of drug-likeness (QED) is 0.0602. The van der Waals surface area contributed by atoms with Gasteiger partial charge in [0.1, 0.15) is 12.7 Å². The van der Waals surface area contributed by atoms with Crippen molar-refractivity contribution in [2.24, 2.45) is 0 Å². The first-order chi connectivity index (χ1) is 15.9. The van der Waals surface area contributed by atoms with E-state index in [1.54, 1.807) is 0 Å². The number of phosphoric ester groups is 1. The van der Waals surface area contributed by atoms with Gasteiger partial charge in [0.25, 0.3) is 0 Å². The molecule has 0 aromatic rings. The molecule has 0 aromatic heterocycles. The molecule has 0 aliphatic rings. The Morgan fingerprint density at radius 1 is 0.788 bits per heavy atom. The van der Waals surface area contributed by atoms with E-state index in [-0.39, 0.29) is 13.0 Å². The number of carbonyl (C=O) groups excluding carboxylic acids is 1. The number of allylic oxidation sites excluding steroid dienone is 2. The molecule has 0 amide bonds. The molecule has 1 atom stereocenters. The van der Waals surface area contributed by atoms with Crippen LogP contribution in [-0.4, -0.2) is 40.2 Å². The van der Waals surface area contributed by atoms with Gasteiger partial charge in [-0.3, -0.25) is 9.32 Å². The van der Waals surface area contributed by atoms with Gasteiger partial charge < -0.3 is 19.6 Å². The first kappa shape index (κ1) is 32.3. The lowest BCUT2D eigenvalue weighted by atomic mass is 10.1. The van der Waals surface area contributed by atoms with E-state index >= 15 is 0 Å². The molecule has 0 saturated heterocycles. The largest absolute Gasteiger partial charge is 0.470 e. The van der Waals surface area contributed by atoms with Gasteiger partial charge in [0, 0.05) is 6.42 Å². The van der Waals surface area contributed by atoms with Gasteiger partial charge in [-0.15, -0.1) is 0 Å². The summed E-state index contributed by atoms with van der Waals surface area (Å²) >= 11 is 0. The van der Waals surface area contributed by atoms with E-state index in [0.717, 1.165) is 19.3 Å². The van der Waals surface area contributed by atoms with Crippen molar-refractivity contribution >= 4 is 13.8 Å². The third-order valence-electron chi connectivity index (χ3n) is 5.56. The van der Waals surface area contributed by atoms with Crippen molar-refractivity contribution in [3.63, 3.8) is 0 Å². The van der Waals surface area contributed by atoms with Crippen LogP contribution < -0.4 is 0 Å². The molecule has 3 N–H and O–H groups in total. The van der Waals surface area contributed by atoms with Crippen molar-refractivity contribution in [2.75, 3.05) is 13.2 Å². The van der Waals surface area contributed by atoms with Gasteiger partial charge >= 0.3 is 13.8 Å². The first-order valence-electron chi connectivity index (χ1n) is 13.0. The molecule has 0 rings (SSSR count). The number of phosphoric acid groups is 1. The summed E-state index contributed by atoms with van der Waals surface area (Å²) in [6.07, 6.45) is 24.7. The lowest BCUT2D eigenvalue weighted by Gasteiger charge is -2.15. The SMILES string of the molecule is CCCCCCCCC=CCCCCCCCCCCCC(=O)OC[C@H](CO)OP(=O)(O)O. The summed E-state index contributed by atoms with van der Waals surface area (Å²) in [5.74, 6) is -0.441. The van der Waals surface area contributed by atoms with Gasteiger partial charge in [-0.05, 0) is 32.1 Å². The number of hydrogen-bond acceptors (Lipinski definition) is 5. The Bertz CT molecular complexity index is 519. The Morgan fingerprint density at radius 2 is 1.24 bits per heavy atom. The first-order valence-corrected chi connectivity index (χ1v) is 14.6. The highest BCUT2D eigenvalue weighted by atomic mass is 31.2. The van der Waals surface area contributed by atoms with Gasteiger partial charge in [-0.2, -0.15) is 0 Å². The molecule has 0 bridgehead atoms. The fourth-order valence-corrected chi connectivity index (χ4v) is 4.13. The minimum absolute atomic E-state index is 0.264. The molecule has 0 unspecified atom stereocenters.